The molecular formula is C17H26O4Si. The number of carbonyl (C=O) groups excluding carboxylic acids is 1. The van der Waals surface area contributed by atoms with Crippen LogP contribution in [0, 0.1) is 0 Å². The molecule has 4 nitrogen and oxygen atoms in total. The van der Waals surface area contributed by atoms with Crippen molar-refractivity contribution in [2.45, 2.75) is 51.6 Å². The van der Waals surface area contributed by atoms with Crippen LogP contribution < -0.4 is 4.43 Å². The first-order valence-electron chi connectivity index (χ1n) is 7.73. The summed E-state index contributed by atoms with van der Waals surface area (Å²) in [4.78, 5) is 10.8. The molecule has 0 aliphatic carbocycles. The molecule has 0 N–H and O–H groups in total. The quantitative estimate of drug-likeness (QED) is 0.610. The van der Waals surface area contributed by atoms with Crippen molar-refractivity contribution in [1.29, 1.82) is 0 Å². The Bertz CT molecular complexity index is 528. The molecule has 0 amide bonds. The van der Waals surface area contributed by atoms with E-state index in [4.69, 9.17) is 13.9 Å². The number of carbonyl (C=O) groups is 1. The normalized spacial score (nSPS) is 16.8. The topological polar surface area (TPSA) is 44.8 Å². The highest BCUT2D eigenvalue weighted by Crippen LogP contribution is 2.40. The smallest absolute Gasteiger partial charge is 0.250 e. The maximum absolute atomic E-state index is 10.8. The van der Waals surface area contributed by atoms with Crippen LogP contribution in [0.3, 0.4) is 0 Å². The lowest BCUT2D eigenvalue weighted by Crippen LogP contribution is -2.44. The molecule has 1 aliphatic rings. The molecule has 1 aliphatic heterocycles. The second-order valence-electron chi connectivity index (χ2n) is 7.18. The minimum Gasteiger partial charge on any atom is -0.543 e. The Hall–Kier alpha value is -1.17. The van der Waals surface area contributed by atoms with Crippen molar-refractivity contribution in [3.8, 4) is 5.75 Å². The number of rotatable bonds is 5. The van der Waals surface area contributed by atoms with E-state index < -0.39 is 14.6 Å². The van der Waals surface area contributed by atoms with E-state index in [1.807, 2.05) is 18.2 Å². The van der Waals surface area contributed by atoms with Crippen LogP contribution in [0.5, 0.6) is 5.75 Å². The Balaban J connectivity index is 2.35. The first-order chi connectivity index (χ1) is 10.2. The molecule has 0 spiro atoms. The summed E-state index contributed by atoms with van der Waals surface area (Å²) in [7, 11) is -1.94. The van der Waals surface area contributed by atoms with Gasteiger partial charge in [-0.3, -0.25) is 0 Å². The van der Waals surface area contributed by atoms with Gasteiger partial charge in [0.2, 0.25) is 8.32 Å². The fourth-order valence-electron chi connectivity index (χ4n) is 2.06. The molecule has 0 bridgehead atoms. The van der Waals surface area contributed by atoms with Crippen molar-refractivity contribution >= 4 is 14.6 Å². The van der Waals surface area contributed by atoms with Gasteiger partial charge in [-0.25, -0.2) is 0 Å². The highest BCUT2D eigenvalue weighted by Gasteiger charge is 2.40. The summed E-state index contributed by atoms with van der Waals surface area (Å²) in [5.41, 5.74) is 1.84. The minimum atomic E-state index is -1.94. The Morgan fingerprint density at radius 2 is 1.91 bits per heavy atom. The molecule has 22 heavy (non-hydrogen) atoms. The van der Waals surface area contributed by atoms with Gasteiger partial charge in [-0.15, -0.1) is 0 Å². The van der Waals surface area contributed by atoms with Gasteiger partial charge < -0.3 is 18.7 Å². The summed E-state index contributed by atoms with van der Waals surface area (Å²) >= 11 is 0. The zero-order valence-electron chi connectivity index (χ0n) is 14.1. The molecule has 1 fully saturated rings. The van der Waals surface area contributed by atoms with Gasteiger partial charge >= 0.3 is 0 Å². The van der Waals surface area contributed by atoms with Gasteiger partial charge in [0, 0.05) is 12.0 Å². The SMILES string of the molecule is CC(C)(C)[Si](C)(C)Oc1ccc(CC=O)cc1C1OCCO1. The molecule has 1 aromatic carbocycles. The lowest BCUT2D eigenvalue weighted by Gasteiger charge is -2.37. The molecular weight excluding hydrogens is 296 g/mol. The van der Waals surface area contributed by atoms with Crippen LogP contribution in [-0.4, -0.2) is 27.8 Å². The van der Waals surface area contributed by atoms with Crippen LogP contribution in [0.25, 0.3) is 0 Å². The molecule has 1 saturated heterocycles. The van der Waals surface area contributed by atoms with E-state index in [0.717, 1.165) is 23.2 Å². The van der Waals surface area contributed by atoms with Gasteiger partial charge in [0.1, 0.15) is 12.0 Å². The molecule has 0 unspecified atom stereocenters. The predicted octanol–water partition coefficient (Wildman–Crippen LogP) is 3.86. The van der Waals surface area contributed by atoms with E-state index >= 15 is 0 Å². The van der Waals surface area contributed by atoms with Gasteiger partial charge in [0.05, 0.1) is 13.2 Å². The summed E-state index contributed by atoms with van der Waals surface area (Å²) in [6.07, 6.45) is 0.899. The third-order valence-electron chi connectivity index (χ3n) is 4.44. The fraction of sp³-hybridized carbons (Fsp3) is 0.588. The van der Waals surface area contributed by atoms with Gasteiger partial charge in [-0.2, -0.15) is 0 Å². The maximum Gasteiger partial charge on any atom is 0.250 e. The van der Waals surface area contributed by atoms with Crippen LogP contribution in [0.15, 0.2) is 18.2 Å². The average molecular weight is 322 g/mol. The third-order valence-corrected chi connectivity index (χ3v) is 8.78. The summed E-state index contributed by atoms with van der Waals surface area (Å²) in [5, 5.41) is 0.114. The summed E-state index contributed by atoms with van der Waals surface area (Å²) in [6, 6.07) is 5.85. The molecule has 0 saturated carbocycles. The van der Waals surface area contributed by atoms with Gasteiger partial charge in [0.25, 0.3) is 0 Å². The number of ether oxygens (including phenoxy) is 2. The zero-order valence-corrected chi connectivity index (χ0v) is 15.1. The average Bonchev–Trinajstić information content (AvgIpc) is 2.93. The summed E-state index contributed by atoms with van der Waals surface area (Å²) < 4.78 is 17.7. The monoisotopic (exact) mass is 322 g/mol. The lowest BCUT2D eigenvalue weighted by molar-refractivity contribution is -0.107. The van der Waals surface area contributed by atoms with Crippen molar-refractivity contribution in [2.24, 2.45) is 0 Å². The Morgan fingerprint density at radius 3 is 2.45 bits per heavy atom. The van der Waals surface area contributed by atoms with Crippen LogP contribution in [0.1, 0.15) is 38.2 Å². The minimum absolute atomic E-state index is 0.114. The lowest BCUT2D eigenvalue weighted by atomic mass is 10.1. The number of aldehydes is 1. The number of benzene rings is 1. The van der Waals surface area contributed by atoms with Crippen LogP contribution in [0.4, 0.5) is 0 Å². The van der Waals surface area contributed by atoms with Gasteiger partial charge in [0.15, 0.2) is 6.29 Å². The molecule has 0 radical (unpaired) electrons. The van der Waals surface area contributed by atoms with Crippen molar-refractivity contribution in [2.75, 3.05) is 13.2 Å². The molecule has 1 aromatic rings. The molecule has 122 valence electrons. The van der Waals surface area contributed by atoms with E-state index in [2.05, 4.69) is 33.9 Å². The Labute approximate surface area is 133 Å². The Kier molecular flexibility index (Phi) is 5.09. The fourth-order valence-corrected chi connectivity index (χ4v) is 3.11. The van der Waals surface area contributed by atoms with Crippen LogP contribution in [0.2, 0.25) is 18.1 Å². The first-order valence-corrected chi connectivity index (χ1v) is 10.6. The van der Waals surface area contributed by atoms with Crippen molar-refractivity contribution < 1.29 is 18.7 Å². The standard InChI is InChI=1S/C17H26O4Si/c1-17(2,3)22(4,5)21-15-7-6-13(8-9-18)12-14(15)16-19-10-11-20-16/h6-7,9,12,16H,8,10-11H2,1-5H3. The molecule has 1 heterocycles. The van der Waals surface area contributed by atoms with E-state index in [1.165, 1.54) is 0 Å². The van der Waals surface area contributed by atoms with Crippen molar-refractivity contribution in [1.82, 2.24) is 0 Å². The molecule has 5 heteroatoms. The van der Waals surface area contributed by atoms with Gasteiger partial charge in [-0.05, 0) is 35.8 Å². The second-order valence-corrected chi connectivity index (χ2v) is 11.9. The largest absolute Gasteiger partial charge is 0.543 e. The maximum atomic E-state index is 10.8. The number of hydrogen-bond acceptors (Lipinski definition) is 4. The van der Waals surface area contributed by atoms with E-state index in [-0.39, 0.29) is 5.04 Å². The first kappa shape index (κ1) is 17.2. The Morgan fingerprint density at radius 1 is 1.27 bits per heavy atom. The molecule has 2 rings (SSSR count). The third kappa shape index (κ3) is 3.77. The zero-order chi connectivity index (χ0) is 16.4. The van der Waals surface area contributed by atoms with Crippen molar-refractivity contribution in [3.63, 3.8) is 0 Å². The highest BCUT2D eigenvalue weighted by atomic mass is 28.4. The molecule has 0 aromatic heterocycles. The highest BCUT2D eigenvalue weighted by molar-refractivity contribution is 6.74. The van der Waals surface area contributed by atoms with Crippen LogP contribution in [-0.2, 0) is 20.7 Å². The van der Waals surface area contributed by atoms with E-state index in [1.54, 1.807) is 0 Å². The summed E-state index contributed by atoms with van der Waals surface area (Å²) in [6.45, 7) is 12.2. The second kappa shape index (κ2) is 6.52. The van der Waals surface area contributed by atoms with E-state index in [0.29, 0.717) is 19.6 Å². The molecule has 0 atom stereocenters. The van der Waals surface area contributed by atoms with Gasteiger partial charge in [-0.1, -0.05) is 26.8 Å². The summed E-state index contributed by atoms with van der Waals surface area (Å²) in [5.74, 6) is 0.813. The predicted molar refractivity (Wildman–Crippen MR) is 88.7 cm³/mol. The van der Waals surface area contributed by atoms with E-state index in [9.17, 15) is 4.79 Å². The van der Waals surface area contributed by atoms with Crippen LogP contribution >= 0.6 is 0 Å². The number of hydrogen-bond donors (Lipinski definition) is 0. The van der Waals surface area contributed by atoms with Crippen molar-refractivity contribution in [3.05, 3.63) is 29.3 Å².